The number of halogens is 3. The highest BCUT2D eigenvalue weighted by Gasteiger charge is 2.08. The average Bonchev–Trinajstić information content (AvgIpc) is 2.30. The van der Waals surface area contributed by atoms with Gasteiger partial charge in [0.05, 0.1) is 5.56 Å². The summed E-state index contributed by atoms with van der Waals surface area (Å²) in [5.41, 5.74) is 0.999. The molecule has 0 bridgehead atoms. The van der Waals surface area contributed by atoms with E-state index in [4.69, 9.17) is 40.1 Å². The molecule has 0 radical (unpaired) electrons. The summed E-state index contributed by atoms with van der Waals surface area (Å²) in [4.78, 5) is 4.06. The summed E-state index contributed by atoms with van der Waals surface area (Å²) in [6.45, 7) is 0. The lowest BCUT2D eigenvalue weighted by Crippen LogP contribution is -1.95. The number of anilines is 2. The second-order valence-corrected chi connectivity index (χ2v) is 4.67. The summed E-state index contributed by atoms with van der Waals surface area (Å²) in [6, 6.07) is 8.51. The minimum Gasteiger partial charge on any atom is -0.339 e. The Hall–Kier alpha value is -1.47. The standard InChI is InChI=1S/C12H6Cl3N3/c13-8-3-9(14)5-10(4-8)18-12-11(15)7(6-16)1-2-17-12/h1-5H,(H,17,18). The molecular weight excluding hydrogens is 293 g/mol. The molecular formula is C12H6Cl3N3. The molecule has 0 saturated heterocycles. The molecule has 0 aliphatic rings. The largest absolute Gasteiger partial charge is 0.339 e. The number of hydrogen-bond donors (Lipinski definition) is 1. The summed E-state index contributed by atoms with van der Waals surface area (Å²) in [5.74, 6) is 0.383. The van der Waals surface area contributed by atoms with Gasteiger partial charge in [-0.05, 0) is 24.3 Å². The van der Waals surface area contributed by atoms with Gasteiger partial charge in [0.15, 0.2) is 5.82 Å². The Kier molecular flexibility index (Phi) is 3.93. The Morgan fingerprint density at radius 3 is 2.39 bits per heavy atom. The maximum atomic E-state index is 8.86. The van der Waals surface area contributed by atoms with E-state index in [1.807, 2.05) is 6.07 Å². The van der Waals surface area contributed by atoms with Gasteiger partial charge in [-0.3, -0.25) is 0 Å². The lowest BCUT2D eigenvalue weighted by Gasteiger charge is -2.08. The minimum absolute atomic E-state index is 0.260. The normalized spacial score (nSPS) is 9.89. The molecule has 1 aromatic carbocycles. The first kappa shape index (κ1) is 13.0. The zero-order valence-electron chi connectivity index (χ0n) is 8.92. The van der Waals surface area contributed by atoms with Crippen LogP contribution in [-0.4, -0.2) is 4.98 Å². The van der Waals surface area contributed by atoms with Crippen molar-refractivity contribution in [1.29, 1.82) is 5.26 Å². The number of aromatic nitrogens is 1. The van der Waals surface area contributed by atoms with Gasteiger partial charge < -0.3 is 5.32 Å². The number of nitrogens with one attached hydrogen (secondary N) is 1. The number of nitrogens with zero attached hydrogens (tertiary/aromatic N) is 2. The zero-order chi connectivity index (χ0) is 13.1. The number of benzene rings is 1. The average molecular weight is 299 g/mol. The van der Waals surface area contributed by atoms with E-state index in [2.05, 4.69) is 10.3 Å². The van der Waals surface area contributed by atoms with Crippen LogP contribution < -0.4 is 5.32 Å². The SMILES string of the molecule is N#Cc1ccnc(Nc2cc(Cl)cc(Cl)c2)c1Cl. The summed E-state index contributed by atoms with van der Waals surface area (Å²) in [5, 5.41) is 13.1. The second-order valence-electron chi connectivity index (χ2n) is 3.42. The lowest BCUT2D eigenvalue weighted by molar-refractivity contribution is 1.29. The fourth-order valence-corrected chi connectivity index (χ4v) is 2.11. The molecule has 0 saturated carbocycles. The van der Waals surface area contributed by atoms with Crippen molar-refractivity contribution in [2.75, 3.05) is 5.32 Å². The number of nitriles is 1. The Morgan fingerprint density at radius 2 is 1.78 bits per heavy atom. The Balaban J connectivity index is 2.37. The molecule has 6 heteroatoms. The third kappa shape index (κ3) is 2.85. The quantitative estimate of drug-likeness (QED) is 0.877. The highest BCUT2D eigenvalue weighted by Crippen LogP contribution is 2.29. The van der Waals surface area contributed by atoms with Crippen molar-refractivity contribution in [3.05, 3.63) is 51.1 Å². The monoisotopic (exact) mass is 297 g/mol. The Bertz CT molecular complexity index is 615. The van der Waals surface area contributed by atoms with Gasteiger partial charge in [-0.2, -0.15) is 5.26 Å². The summed E-state index contributed by atoms with van der Waals surface area (Å²) in [6.07, 6.45) is 1.50. The van der Waals surface area contributed by atoms with E-state index >= 15 is 0 Å². The predicted octanol–water partition coefficient (Wildman–Crippen LogP) is 4.66. The smallest absolute Gasteiger partial charge is 0.150 e. The van der Waals surface area contributed by atoms with Gasteiger partial charge >= 0.3 is 0 Å². The topological polar surface area (TPSA) is 48.7 Å². The fourth-order valence-electron chi connectivity index (χ4n) is 1.38. The van der Waals surface area contributed by atoms with Crippen LogP contribution in [0.5, 0.6) is 0 Å². The number of hydrogen-bond acceptors (Lipinski definition) is 3. The number of rotatable bonds is 2. The summed E-state index contributed by atoms with van der Waals surface area (Å²) in [7, 11) is 0. The van der Waals surface area contributed by atoms with Gasteiger partial charge in [-0.1, -0.05) is 34.8 Å². The van der Waals surface area contributed by atoms with E-state index in [0.29, 0.717) is 27.1 Å². The van der Waals surface area contributed by atoms with Crippen LogP contribution in [0, 0.1) is 11.3 Å². The molecule has 0 aliphatic carbocycles. The van der Waals surface area contributed by atoms with E-state index in [9.17, 15) is 0 Å². The molecule has 0 amide bonds. The van der Waals surface area contributed by atoms with Gasteiger partial charge in [-0.25, -0.2) is 4.98 Å². The van der Waals surface area contributed by atoms with E-state index in [-0.39, 0.29) is 5.02 Å². The summed E-state index contributed by atoms with van der Waals surface area (Å²) < 4.78 is 0. The van der Waals surface area contributed by atoms with Crippen LogP contribution in [0.1, 0.15) is 5.56 Å². The Labute approximate surface area is 119 Å². The van der Waals surface area contributed by atoms with Crippen LogP contribution in [0.2, 0.25) is 15.1 Å². The number of pyridine rings is 1. The fraction of sp³-hybridized carbons (Fsp3) is 0. The van der Waals surface area contributed by atoms with Gasteiger partial charge in [0.1, 0.15) is 11.1 Å². The first-order chi connectivity index (χ1) is 8.60. The third-order valence-electron chi connectivity index (χ3n) is 2.13. The van der Waals surface area contributed by atoms with Crippen molar-refractivity contribution < 1.29 is 0 Å². The van der Waals surface area contributed by atoms with Crippen LogP contribution in [0.4, 0.5) is 11.5 Å². The van der Waals surface area contributed by atoms with Crippen molar-refractivity contribution in [1.82, 2.24) is 4.98 Å². The molecule has 0 aliphatic heterocycles. The maximum absolute atomic E-state index is 8.86. The molecule has 0 unspecified atom stereocenters. The molecule has 0 fully saturated rings. The van der Waals surface area contributed by atoms with E-state index in [1.54, 1.807) is 24.3 Å². The molecule has 2 aromatic rings. The molecule has 1 N–H and O–H groups in total. The first-order valence-electron chi connectivity index (χ1n) is 4.88. The van der Waals surface area contributed by atoms with Crippen LogP contribution in [0.3, 0.4) is 0 Å². The van der Waals surface area contributed by atoms with Crippen LogP contribution >= 0.6 is 34.8 Å². The van der Waals surface area contributed by atoms with E-state index in [1.165, 1.54) is 6.20 Å². The van der Waals surface area contributed by atoms with Gasteiger partial charge in [0, 0.05) is 21.9 Å². The highest BCUT2D eigenvalue weighted by atomic mass is 35.5. The van der Waals surface area contributed by atoms with Crippen LogP contribution in [0.25, 0.3) is 0 Å². The molecule has 1 heterocycles. The van der Waals surface area contributed by atoms with Crippen molar-refractivity contribution in [2.24, 2.45) is 0 Å². The van der Waals surface area contributed by atoms with Crippen LogP contribution in [-0.2, 0) is 0 Å². The van der Waals surface area contributed by atoms with Gasteiger partial charge in [-0.15, -0.1) is 0 Å². The molecule has 0 spiro atoms. The van der Waals surface area contributed by atoms with E-state index < -0.39 is 0 Å². The lowest BCUT2D eigenvalue weighted by atomic mass is 10.2. The van der Waals surface area contributed by atoms with Crippen molar-refractivity contribution in [2.45, 2.75) is 0 Å². The van der Waals surface area contributed by atoms with Crippen molar-refractivity contribution in [3.63, 3.8) is 0 Å². The summed E-state index contributed by atoms with van der Waals surface area (Å²) >= 11 is 17.8. The molecule has 1 aromatic heterocycles. The highest BCUT2D eigenvalue weighted by molar-refractivity contribution is 6.35. The van der Waals surface area contributed by atoms with Gasteiger partial charge in [0.25, 0.3) is 0 Å². The third-order valence-corrected chi connectivity index (χ3v) is 2.95. The molecule has 18 heavy (non-hydrogen) atoms. The van der Waals surface area contributed by atoms with Crippen molar-refractivity contribution >= 4 is 46.3 Å². The first-order valence-corrected chi connectivity index (χ1v) is 6.01. The second kappa shape index (κ2) is 5.45. The zero-order valence-corrected chi connectivity index (χ0v) is 11.2. The molecule has 2 rings (SSSR count). The molecule has 90 valence electrons. The van der Waals surface area contributed by atoms with Gasteiger partial charge in [0.2, 0.25) is 0 Å². The Morgan fingerprint density at radius 1 is 1.11 bits per heavy atom. The molecule has 0 atom stereocenters. The van der Waals surface area contributed by atoms with Crippen molar-refractivity contribution in [3.8, 4) is 6.07 Å². The predicted molar refractivity (Wildman–Crippen MR) is 73.7 cm³/mol. The maximum Gasteiger partial charge on any atom is 0.150 e. The van der Waals surface area contributed by atoms with Crippen LogP contribution in [0.15, 0.2) is 30.5 Å². The van der Waals surface area contributed by atoms with E-state index in [0.717, 1.165) is 0 Å². The minimum atomic E-state index is 0.260. The molecule has 3 nitrogen and oxygen atoms in total.